The molecule has 0 radical (unpaired) electrons. The predicted octanol–water partition coefficient (Wildman–Crippen LogP) is 3.44. The third kappa shape index (κ3) is 2.74. The average molecular weight is 238 g/mol. The topological polar surface area (TPSA) is 29.5 Å². The molecule has 1 aliphatic carbocycles. The molecule has 1 heterocycles. The number of aliphatic hydroxyl groups is 1. The maximum Gasteiger partial charge on any atom is 0.0865 e. The Labute approximate surface area is 105 Å². The van der Waals surface area contributed by atoms with Gasteiger partial charge in [-0.2, -0.15) is 0 Å². The summed E-state index contributed by atoms with van der Waals surface area (Å²) in [5, 5.41) is 10.1. The van der Waals surface area contributed by atoms with E-state index in [1.165, 1.54) is 18.4 Å². The highest BCUT2D eigenvalue weighted by molar-refractivity contribution is 5.07. The third-order valence-electron chi connectivity index (χ3n) is 4.60. The van der Waals surface area contributed by atoms with E-state index in [0.717, 1.165) is 19.3 Å². The van der Waals surface area contributed by atoms with Gasteiger partial charge in [-0.3, -0.25) is 0 Å². The molecule has 1 aliphatic heterocycles. The first-order chi connectivity index (χ1) is 7.81. The summed E-state index contributed by atoms with van der Waals surface area (Å²) in [6.45, 7) is 8.16. The lowest BCUT2D eigenvalue weighted by atomic mass is 9.77. The molecule has 1 N–H and O–H groups in total. The van der Waals surface area contributed by atoms with E-state index >= 15 is 0 Å². The van der Waals surface area contributed by atoms with E-state index in [-0.39, 0.29) is 11.7 Å². The highest BCUT2D eigenvalue weighted by Gasteiger charge is 2.46. The molecule has 0 amide bonds. The summed E-state index contributed by atoms with van der Waals surface area (Å²) < 4.78 is 6.21. The van der Waals surface area contributed by atoms with Gasteiger partial charge < -0.3 is 9.84 Å². The van der Waals surface area contributed by atoms with Crippen LogP contribution < -0.4 is 0 Å². The van der Waals surface area contributed by atoms with Gasteiger partial charge in [-0.15, -0.1) is 0 Å². The van der Waals surface area contributed by atoms with Gasteiger partial charge in [-0.05, 0) is 65.7 Å². The van der Waals surface area contributed by atoms with Crippen LogP contribution in [0, 0.1) is 5.92 Å². The number of rotatable bonds is 2. The summed E-state index contributed by atoms with van der Waals surface area (Å²) in [7, 11) is 0. The minimum absolute atomic E-state index is 0.000460. The monoisotopic (exact) mass is 238 g/mol. The lowest BCUT2D eigenvalue weighted by molar-refractivity contribution is -0.135. The minimum atomic E-state index is -0.710. The van der Waals surface area contributed by atoms with Crippen molar-refractivity contribution in [2.75, 3.05) is 0 Å². The van der Waals surface area contributed by atoms with Gasteiger partial charge in [0.25, 0.3) is 0 Å². The average Bonchev–Trinajstić information content (AvgIpc) is 2.62. The molecule has 0 aromatic carbocycles. The Kier molecular flexibility index (Phi) is 3.39. The van der Waals surface area contributed by atoms with Crippen molar-refractivity contribution in [2.45, 2.75) is 77.1 Å². The zero-order valence-electron chi connectivity index (χ0n) is 11.6. The summed E-state index contributed by atoms with van der Waals surface area (Å²) >= 11 is 0. The highest BCUT2D eigenvalue weighted by Crippen LogP contribution is 2.44. The molecule has 1 unspecified atom stereocenters. The van der Waals surface area contributed by atoms with Gasteiger partial charge in [0.15, 0.2) is 0 Å². The molecule has 17 heavy (non-hydrogen) atoms. The number of ether oxygens (including phenoxy) is 1. The summed E-state index contributed by atoms with van der Waals surface area (Å²) in [5.41, 5.74) is 0.780. The van der Waals surface area contributed by atoms with Gasteiger partial charge in [0, 0.05) is 0 Å². The van der Waals surface area contributed by atoms with Gasteiger partial charge in [0.1, 0.15) is 0 Å². The second-order valence-corrected chi connectivity index (χ2v) is 6.63. The van der Waals surface area contributed by atoms with Gasteiger partial charge in [0.05, 0.1) is 17.3 Å². The minimum Gasteiger partial charge on any atom is -0.388 e. The fraction of sp³-hybridized carbons (Fsp3) is 0.867. The van der Waals surface area contributed by atoms with Crippen LogP contribution in [0.5, 0.6) is 0 Å². The molecule has 0 aromatic heterocycles. The quantitative estimate of drug-likeness (QED) is 0.747. The Morgan fingerprint density at radius 2 is 2.12 bits per heavy atom. The molecule has 2 nitrogen and oxygen atoms in total. The molecule has 2 aliphatic rings. The number of allylic oxidation sites excluding steroid dienone is 2. The van der Waals surface area contributed by atoms with E-state index in [1.807, 2.05) is 13.8 Å². The Morgan fingerprint density at radius 1 is 1.41 bits per heavy atom. The van der Waals surface area contributed by atoms with E-state index in [9.17, 15) is 5.11 Å². The molecule has 3 atom stereocenters. The van der Waals surface area contributed by atoms with Crippen molar-refractivity contribution >= 4 is 0 Å². The standard InChI is InChI=1S/C15H26O2/c1-11-5-7-12(8-6-11)15(4)10-9-13(17-15)14(2,3)16/h5,12-13,16H,6-10H2,1-4H3/t12?,13-,15-/m0/s1. The lowest BCUT2D eigenvalue weighted by Gasteiger charge is -2.37. The lowest BCUT2D eigenvalue weighted by Crippen LogP contribution is -2.41. The van der Waals surface area contributed by atoms with Crippen LogP contribution >= 0.6 is 0 Å². The van der Waals surface area contributed by atoms with Crippen LogP contribution in [0.2, 0.25) is 0 Å². The second kappa shape index (κ2) is 4.40. The maximum atomic E-state index is 10.1. The normalized spacial score (nSPS) is 39.2. The van der Waals surface area contributed by atoms with Crippen molar-refractivity contribution in [3.05, 3.63) is 11.6 Å². The predicted molar refractivity (Wildman–Crippen MR) is 69.9 cm³/mol. The van der Waals surface area contributed by atoms with Crippen molar-refractivity contribution in [3.8, 4) is 0 Å². The van der Waals surface area contributed by atoms with E-state index in [1.54, 1.807) is 0 Å². The van der Waals surface area contributed by atoms with E-state index < -0.39 is 5.60 Å². The van der Waals surface area contributed by atoms with Gasteiger partial charge in [0.2, 0.25) is 0 Å². The smallest absolute Gasteiger partial charge is 0.0865 e. The zero-order valence-corrected chi connectivity index (χ0v) is 11.6. The molecule has 98 valence electrons. The Morgan fingerprint density at radius 3 is 2.59 bits per heavy atom. The Balaban J connectivity index is 2.02. The molecule has 2 heteroatoms. The van der Waals surface area contributed by atoms with E-state index in [0.29, 0.717) is 5.92 Å². The first-order valence-corrected chi connectivity index (χ1v) is 6.87. The summed E-state index contributed by atoms with van der Waals surface area (Å²) in [5.74, 6) is 0.624. The first-order valence-electron chi connectivity index (χ1n) is 6.87. The van der Waals surface area contributed by atoms with E-state index in [4.69, 9.17) is 4.74 Å². The SMILES string of the molecule is CC1=CCC([C@]2(C)CC[C@@H](C(C)(C)O)O2)CC1. The highest BCUT2D eigenvalue weighted by atomic mass is 16.5. The molecule has 0 aromatic rings. The van der Waals surface area contributed by atoms with Gasteiger partial charge in [-0.25, -0.2) is 0 Å². The number of hydrogen-bond acceptors (Lipinski definition) is 2. The molecule has 0 saturated carbocycles. The molecule has 1 fully saturated rings. The molecular formula is C15H26O2. The van der Waals surface area contributed by atoms with Gasteiger partial charge >= 0.3 is 0 Å². The van der Waals surface area contributed by atoms with Crippen LogP contribution in [0.25, 0.3) is 0 Å². The Bertz CT molecular complexity index is 313. The van der Waals surface area contributed by atoms with Crippen molar-refractivity contribution in [1.82, 2.24) is 0 Å². The molecule has 1 saturated heterocycles. The van der Waals surface area contributed by atoms with Crippen LogP contribution in [0.1, 0.15) is 59.8 Å². The zero-order chi connectivity index (χ0) is 12.7. The fourth-order valence-corrected chi connectivity index (χ4v) is 3.18. The van der Waals surface area contributed by atoms with Crippen LogP contribution in [0.3, 0.4) is 0 Å². The molecule has 0 bridgehead atoms. The summed E-state index contributed by atoms with van der Waals surface area (Å²) in [6.07, 6.45) is 8.01. The van der Waals surface area contributed by atoms with E-state index in [2.05, 4.69) is 19.9 Å². The second-order valence-electron chi connectivity index (χ2n) is 6.63. The summed E-state index contributed by atoms with van der Waals surface area (Å²) in [4.78, 5) is 0. The molecular weight excluding hydrogens is 212 g/mol. The van der Waals surface area contributed by atoms with Gasteiger partial charge in [-0.1, -0.05) is 11.6 Å². The van der Waals surface area contributed by atoms with Crippen LogP contribution in [-0.2, 0) is 4.74 Å². The summed E-state index contributed by atoms with van der Waals surface area (Å²) in [6, 6.07) is 0. The maximum absolute atomic E-state index is 10.1. The van der Waals surface area contributed by atoms with Crippen molar-refractivity contribution < 1.29 is 9.84 Å². The fourth-order valence-electron chi connectivity index (χ4n) is 3.18. The van der Waals surface area contributed by atoms with Crippen molar-refractivity contribution in [2.24, 2.45) is 5.92 Å². The third-order valence-corrected chi connectivity index (χ3v) is 4.60. The first kappa shape index (κ1) is 13.1. The Hall–Kier alpha value is -0.340. The van der Waals surface area contributed by atoms with Crippen molar-refractivity contribution in [3.63, 3.8) is 0 Å². The molecule has 0 spiro atoms. The number of hydrogen-bond donors (Lipinski definition) is 1. The van der Waals surface area contributed by atoms with Crippen molar-refractivity contribution in [1.29, 1.82) is 0 Å². The van der Waals surface area contributed by atoms with Crippen LogP contribution in [-0.4, -0.2) is 22.4 Å². The van der Waals surface area contributed by atoms with Crippen LogP contribution in [0.4, 0.5) is 0 Å². The largest absolute Gasteiger partial charge is 0.388 e. The molecule has 2 rings (SSSR count). The van der Waals surface area contributed by atoms with Crippen LogP contribution in [0.15, 0.2) is 11.6 Å².